The Kier molecular flexibility index (Phi) is 7.23. The summed E-state index contributed by atoms with van der Waals surface area (Å²) in [6.45, 7) is 5.25. The zero-order chi connectivity index (χ0) is 22.6. The van der Waals surface area contributed by atoms with Crippen molar-refractivity contribution in [1.82, 2.24) is 9.21 Å². The molecule has 0 saturated carbocycles. The van der Waals surface area contributed by atoms with Crippen LogP contribution in [0.3, 0.4) is 0 Å². The van der Waals surface area contributed by atoms with Gasteiger partial charge in [-0.3, -0.25) is 4.79 Å². The number of rotatable bonds is 7. The highest BCUT2D eigenvalue weighted by molar-refractivity contribution is 7.89. The van der Waals surface area contributed by atoms with Gasteiger partial charge in [-0.15, -0.1) is 0 Å². The third-order valence-electron chi connectivity index (χ3n) is 5.75. The molecular formula is C23H30N2O5S. The quantitative estimate of drug-likeness (QED) is 0.654. The molecule has 168 valence electrons. The molecule has 0 aliphatic carbocycles. The lowest BCUT2D eigenvalue weighted by Crippen LogP contribution is -2.50. The Bertz CT molecular complexity index is 1020. The number of nitrogens with zero attached hydrogens (tertiary/aromatic N) is 2. The molecule has 1 heterocycles. The zero-order valence-electron chi connectivity index (χ0n) is 18.6. The summed E-state index contributed by atoms with van der Waals surface area (Å²) in [4.78, 5) is 14.7. The lowest BCUT2D eigenvalue weighted by molar-refractivity contribution is -0.132. The largest absolute Gasteiger partial charge is 0.497 e. The van der Waals surface area contributed by atoms with Crippen molar-refractivity contribution in [1.29, 1.82) is 0 Å². The van der Waals surface area contributed by atoms with Crippen LogP contribution in [0.4, 0.5) is 0 Å². The van der Waals surface area contributed by atoms with E-state index in [2.05, 4.69) is 0 Å². The molecule has 3 rings (SSSR count). The van der Waals surface area contributed by atoms with Crippen molar-refractivity contribution in [2.24, 2.45) is 0 Å². The van der Waals surface area contributed by atoms with Gasteiger partial charge in [0, 0.05) is 38.7 Å². The molecule has 0 aromatic heterocycles. The highest BCUT2D eigenvalue weighted by Gasteiger charge is 2.30. The Labute approximate surface area is 184 Å². The summed E-state index contributed by atoms with van der Waals surface area (Å²) in [5.74, 6) is 1.39. The topological polar surface area (TPSA) is 76.2 Å². The van der Waals surface area contributed by atoms with E-state index in [-0.39, 0.29) is 5.91 Å². The second kappa shape index (κ2) is 9.70. The maximum absolute atomic E-state index is 13.0. The predicted molar refractivity (Wildman–Crippen MR) is 119 cm³/mol. The average molecular weight is 447 g/mol. The third kappa shape index (κ3) is 5.37. The molecule has 0 radical (unpaired) electrons. The summed E-state index contributed by atoms with van der Waals surface area (Å²) in [7, 11) is -0.369. The average Bonchev–Trinajstić information content (AvgIpc) is 2.78. The van der Waals surface area contributed by atoms with Crippen LogP contribution in [-0.4, -0.2) is 63.9 Å². The van der Waals surface area contributed by atoms with Crippen molar-refractivity contribution in [2.75, 3.05) is 40.4 Å². The fourth-order valence-electron chi connectivity index (χ4n) is 3.62. The Morgan fingerprint density at radius 1 is 0.903 bits per heavy atom. The van der Waals surface area contributed by atoms with E-state index in [1.54, 1.807) is 37.3 Å². The molecule has 1 aliphatic rings. The zero-order valence-corrected chi connectivity index (χ0v) is 19.4. The van der Waals surface area contributed by atoms with E-state index in [0.717, 1.165) is 16.7 Å². The third-order valence-corrected chi connectivity index (χ3v) is 7.64. The van der Waals surface area contributed by atoms with E-state index >= 15 is 0 Å². The van der Waals surface area contributed by atoms with Crippen molar-refractivity contribution in [3.8, 4) is 11.5 Å². The van der Waals surface area contributed by atoms with E-state index in [9.17, 15) is 13.2 Å². The number of aryl methyl sites for hydroxylation is 3. The summed E-state index contributed by atoms with van der Waals surface area (Å²) in [6.07, 6.45) is 0.910. The van der Waals surface area contributed by atoms with Crippen molar-refractivity contribution in [3.05, 3.63) is 53.1 Å². The summed E-state index contributed by atoms with van der Waals surface area (Å²) in [5, 5.41) is 0. The first-order chi connectivity index (χ1) is 14.7. The number of carbonyl (C=O) groups is 1. The fourth-order valence-corrected chi connectivity index (χ4v) is 5.13. The van der Waals surface area contributed by atoms with Gasteiger partial charge >= 0.3 is 0 Å². The molecule has 0 bridgehead atoms. The minimum absolute atomic E-state index is 0.0185. The normalized spacial score (nSPS) is 15.0. The van der Waals surface area contributed by atoms with Crippen LogP contribution in [0.15, 0.2) is 41.3 Å². The van der Waals surface area contributed by atoms with Crippen molar-refractivity contribution >= 4 is 15.9 Å². The molecule has 1 saturated heterocycles. The smallest absolute Gasteiger partial charge is 0.243 e. The standard InChI is InChI=1S/C23H30N2O5S/c1-17-5-7-22(13-18(17)2)31(27,28)25-11-9-24(10-12-25)23(26)8-6-19-14-20(29-3)16-21(15-19)30-4/h5,7,13-16H,6,8-12H2,1-4H3. The van der Waals surface area contributed by atoms with E-state index in [1.807, 2.05) is 32.0 Å². The number of amides is 1. The van der Waals surface area contributed by atoms with Gasteiger partial charge in [0.05, 0.1) is 19.1 Å². The molecule has 1 fully saturated rings. The first-order valence-electron chi connectivity index (χ1n) is 10.3. The Balaban J connectivity index is 1.58. The molecule has 1 amide bonds. The second-order valence-electron chi connectivity index (χ2n) is 7.75. The van der Waals surface area contributed by atoms with Gasteiger partial charge in [-0.2, -0.15) is 4.31 Å². The number of benzene rings is 2. The molecule has 0 N–H and O–H groups in total. The van der Waals surface area contributed by atoms with Crippen LogP contribution in [-0.2, 0) is 21.2 Å². The summed E-state index contributed by atoms with van der Waals surface area (Å²) < 4.78 is 37.9. The maximum Gasteiger partial charge on any atom is 0.243 e. The monoisotopic (exact) mass is 446 g/mol. The minimum Gasteiger partial charge on any atom is -0.497 e. The van der Waals surface area contributed by atoms with Crippen molar-refractivity contribution in [3.63, 3.8) is 0 Å². The van der Waals surface area contributed by atoms with Crippen molar-refractivity contribution < 1.29 is 22.7 Å². The Hall–Kier alpha value is -2.58. The first kappa shape index (κ1) is 23.1. The van der Waals surface area contributed by atoms with E-state index in [4.69, 9.17) is 9.47 Å². The predicted octanol–water partition coefficient (Wildman–Crippen LogP) is 2.79. The van der Waals surface area contributed by atoms with Crippen LogP contribution < -0.4 is 9.47 Å². The lowest BCUT2D eigenvalue weighted by Gasteiger charge is -2.34. The molecule has 2 aromatic rings. The number of ether oxygens (including phenoxy) is 2. The number of methoxy groups -OCH3 is 2. The van der Waals surface area contributed by atoms with Crippen LogP contribution in [0.5, 0.6) is 11.5 Å². The SMILES string of the molecule is COc1cc(CCC(=O)N2CCN(S(=O)(=O)c3ccc(C)c(C)c3)CC2)cc(OC)c1. The number of piperazine rings is 1. The number of hydrogen-bond donors (Lipinski definition) is 0. The molecular weight excluding hydrogens is 416 g/mol. The number of hydrogen-bond acceptors (Lipinski definition) is 5. The maximum atomic E-state index is 13.0. The van der Waals surface area contributed by atoms with Gasteiger partial charge in [0.25, 0.3) is 0 Å². The molecule has 0 spiro atoms. The van der Waals surface area contributed by atoms with Crippen LogP contribution in [0.25, 0.3) is 0 Å². The molecule has 0 atom stereocenters. The van der Waals surface area contributed by atoms with Gasteiger partial charge in [0.15, 0.2) is 0 Å². The minimum atomic E-state index is -3.55. The second-order valence-corrected chi connectivity index (χ2v) is 9.69. The summed E-state index contributed by atoms with van der Waals surface area (Å²) in [6, 6.07) is 10.8. The molecule has 2 aromatic carbocycles. The van der Waals surface area contributed by atoms with E-state index in [1.165, 1.54) is 4.31 Å². The molecule has 7 nitrogen and oxygen atoms in total. The Morgan fingerprint density at radius 3 is 2.06 bits per heavy atom. The molecule has 1 aliphatic heterocycles. The lowest BCUT2D eigenvalue weighted by atomic mass is 10.1. The Morgan fingerprint density at radius 2 is 1.52 bits per heavy atom. The van der Waals surface area contributed by atoms with Gasteiger partial charge in [0.2, 0.25) is 15.9 Å². The number of sulfonamides is 1. The molecule has 31 heavy (non-hydrogen) atoms. The summed E-state index contributed by atoms with van der Waals surface area (Å²) in [5.41, 5.74) is 2.97. The van der Waals surface area contributed by atoms with Crippen LogP contribution >= 0.6 is 0 Å². The van der Waals surface area contributed by atoms with E-state index < -0.39 is 10.0 Å². The van der Waals surface area contributed by atoms with Crippen LogP contribution in [0.2, 0.25) is 0 Å². The fraction of sp³-hybridized carbons (Fsp3) is 0.435. The van der Waals surface area contributed by atoms with Gasteiger partial charge in [-0.05, 0) is 61.2 Å². The van der Waals surface area contributed by atoms with Crippen LogP contribution in [0.1, 0.15) is 23.1 Å². The molecule has 8 heteroatoms. The molecule has 0 unspecified atom stereocenters. The van der Waals surface area contributed by atoms with Gasteiger partial charge in [-0.25, -0.2) is 8.42 Å². The summed E-state index contributed by atoms with van der Waals surface area (Å²) >= 11 is 0. The van der Waals surface area contributed by atoms with Crippen molar-refractivity contribution in [2.45, 2.75) is 31.6 Å². The number of carbonyl (C=O) groups excluding carboxylic acids is 1. The van der Waals surface area contributed by atoms with E-state index in [0.29, 0.717) is 55.4 Å². The highest BCUT2D eigenvalue weighted by atomic mass is 32.2. The van der Waals surface area contributed by atoms with Gasteiger partial charge in [0.1, 0.15) is 11.5 Å². The van der Waals surface area contributed by atoms with Crippen LogP contribution in [0, 0.1) is 13.8 Å². The van der Waals surface area contributed by atoms with Gasteiger partial charge < -0.3 is 14.4 Å². The highest BCUT2D eigenvalue weighted by Crippen LogP contribution is 2.24. The first-order valence-corrected chi connectivity index (χ1v) is 11.8. The van der Waals surface area contributed by atoms with Gasteiger partial charge in [-0.1, -0.05) is 6.07 Å².